The van der Waals surface area contributed by atoms with Gasteiger partial charge in [0, 0.05) is 50.5 Å². The van der Waals surface area contributed by atoms with Gasteiger partial charge in [-0.25, -0.2) is 9.18 Å². The van der Waals surface area contributed by atoms with Crippen molar-refractivity contribution in [2.45, 2.75) is 6.18 Å². The molecule has 186 valence electrons. The van der Waals surface area contributed by atoms with Crippen molar-refractivity contribution in [3.05, 3.63) is 76.0 Å². The number of aryl methyl sites for hydroxylation is 1. The number of carbonyl (C=O) groups is 1. The maximum absolute atomic E-state index is 15.6. The highest BCUT2D eigenvalue weighted by Crippen LogP contribution is 2.33. The van der Waals surface area contributed by atoms with Gasteiger partial charge < -0.3 is 19.5 Å². The number of carboxylic acid groups (broad SMARTS) is 1. The summed E-state index contributed by atoms with van der Waals surface area (Å²) in [5.74, 6) is -2.03. The minimum atomic E-state index is -4.44. The van der Waals surface area contributed by atoms with E-state index in [4.69, 9.17) is 0 Å². The zero-order valence-electron chi connectivity index (χ0n) is 19.0. The summed E-state index contributed by atoms with van der Waals surface area (Å²) >= 11 is 0. The monoisotopic (exact) mass is 500 g/mol. The van der Waals surface area contributed by atoms with Crippen molar-refractivity contribution in [3.8, 4) is 0 Å². The lowest BCUT2D eigenvalue weighted by Gasteiger charge is -2.37. The molecule has 36 heavy (non-hydrogen) atoms. The van der Waals surface area contributed by atoms with Gasteiger partial charge in [0.1, 0.15) is 11.1 Å². The molecule has 0 saturated carbocycles. The minimum Gasteiger partial charge on any atom is -0.477 e. The van der Waals surface area contributed by atoms with Crippen LogP contribution in [0.4, 0.5) is 28.9 Å². The molecule has 0 bridgehead atoms. The second-order valence-corrected chi connectivity index (χ2v) is 8.62. The van der Waals surface area contributed by atoms with Crippen molar-refractivity contribution in [2.75, 3.05) is 36.0 Å². The van der Waals surface area contributed by atoms with Crippen LogP contribution >= 0.6 is 0 Å². The Morgan fingerprint density at radius 2 is 1.75 bits per heavy atom. The van der Waals surface area contributed by atoms with Crippen LogP contribution < -0.4 is 15.2 Å². The fraction of sp³-hybridized carbons (Fsp3) is 0.240. The number of pyridine rings is 2. The number of rotatable bonds is 3. The van der Waals surface area contributed by atoms with Gasteiger partial charge in [-0.15, -0.1) is 0 Å². The van der Waals surface area contributed by atoms with Gasteiger partial charge in [-0.2, -0.15) is 13.2 Å². The number of aromatic nitrogens is 2. The van der Waals surface area contributed by atoms with Crippen molar-refractivity contribution in [1.82, 2.24) is 9.55 Å². The normalized spacial score (nSPS) is 14.6. The molecule has 1 aliphatic rings. The predicted molar refractivity (Wildman–Crippen MR) is 127 cm³/mol. The largest absolute Gasteiger partial charge is 0.477 e. The molecule has 1 aliphatic heterocycles. The Morgan fingerprint density at radius 1 is 1.06 bits per heavy atom. The second kappa shape index (κ2) is 8.51. The molecule has 1 N–H and O–H groups in total. The van der Waals surface area contributed by atoms with E-state index >= 15 is 4.39 Å². The first kappa shape index (κ1) is 23.6. The van der Waals surface area contributed by atoms with Crippen LogP contribution in [0.5, 0.6) is 0 Å². The SMILES string of the molecule is Cn1cc(C(=O)O)c(=O)c2c3ccc(N4CCN(c5cccc(C(F)(F)F)c5)CC4)c(F)c3ncc21. The van der Waals surface area contributed by atoms with Gasteiger partial charge in [0.15, 0.2) is 5.82 Å². The van der Waals surface area contributed by atoms with Crippen LogP contribution in [0.25, 0.3) is 21.8 Å². The molecule has 7 nitrogen and oxygen atoms in total. The third-order valence-corrected chi connectivity index (χ3v) is 6.50. The maximum atomic E-state index is 15.6. The maximum Gasteiger partial charge on any atom is 0.416 e. The summed E-state index contributed by atoms with van der Waals surface area (Å²) in [5, 5.41) is 9.66. The number of benzene rings is 2. The molecule has 11 heteroatoms. The lowest BCUT2D eigenvalue weighted by Crippen LogP contribution is -2.46. The summed E-state index contributed by atoms with van der Waals surface area (Å²) in [6.07, 6.45) is -1.90. The lowest BCUT2D eigenvalue weighted by molar-refractivity contribution is -0.137. The van der Waals surface area contributed by atoms with Gasteiger partial charge >= 0.3 is 12.1 Å². The van der Waals surface area contributed by atoms with E-state index in [0.717, 1.165) is 12.1 Å². The summed E-state index contributed by atoms with van der Waals surface area (Å²) in [4.78, 5) is 32.2. The minimum absolute atomic E-state index is 0.0556. The Bertz CT molecular complexity index is 1570. The number of piperazine rings is 1. The zero-order valence-corrected chi connectivity index (χ0v) is 19.0. The van der Waals surface area contributed by atoms with Gasteiger partial charge in [-0.1, -0.05) is 6.07 Å². The molecule has 0 atom stereocenters. The van der Waals surface area contributed by atoms with E-state index in [1.54, 1.807) is 24.1 Å². The summed E-state index contributed by atoms with van der Waals surface area (Å²) in [5.41, 5.74) is -0.846. The third-order valence-electron chi connectivity index (χ3n) is 6.50. The number of hydrogen-bond acceptors (Lipinski definition) is 5. The molecule has 1 saturated heterocycles. The highest BCUT2D eigenvalue weighted by Gasteiger charge is 2.31. The first-order chi connectivity index (χ1) is 17.1. The predicted octanol–water partition coefficient (Wildman–Crippen LogP) is 4.27. The molecule has 0 radical (unpaired) electrons. The summed E-state index contributed by atoms with van der Waals surface area (Å²) < 4.78 is 56.3. The molecule has 2 aromatic carbocycles. The van der Waals surface area contributed by atoms with E-state index in [1.165, 1.54) is 29.1 Å². The molecule has 0 spiro atoms. The number of anilines is 2. The van der Waals surface area contributed by atoms with Crippen molar-refractivity contribution >= 4 is 39.1 Å². The van der Waals surface area contributed by atoms with E-state index in [2.05, 4.69) is 4.98 Å². The molecule has 0 amide bonds. The molecule has 1 fully saturated rings. The Labute approximate surface area is 201 Å². The van der Waals surface area contributed by atoms with Crippen LogP contribution in [0.15, 0.2) is 53.6 Å². The Hall–Kier alpha value is -4.15. The van der Waals surface area contributed by atoms with Crippen LogP contribution in [0, 0.1) is 5.82 Å². The average molecular weight is 500 g/mol. The first-order valence-electron chi connectivity index (χ1n) is 11.1. The topological polar surface area (TPSA) is 78.7 Å². The Morgan fingerprint density at radius 3 is 2.42 bits per heavy atom. The Kier molecular flexibility index (Phi) is 5.57. The highest BCUT2D eigenvalue weighted by atomic mass is 19.4. The molecular formula is C25H20F4N4O3. The molecular weight excluding hydrogens is 480 g/mol. The van der Waals surface area contributed by atoms with Gasteiger partial charge in [-0.3, -0.25) is 9.78 Å². The van der Waals surface area contributed by atoms with Crippen molar-refractivity contribution in [1.29, 1.82) is 0 Å². The molecule has 0 aliphatic carbocycles. The summed E-state index contributed by atoms with van der Waals surface area (Å²) in [7, 11) is 1.58. The highest BCUT2D eigenvalue weighted by molar-refractivity contribution is 6.07. The van der Waals surface area contributed by atoms with Crippen LogP contribution in [0.3, 0.4) is 0 Å². The quantitative estimate of drug-likeness (QED) is 0.335. The van der Waals surface area contributed by atoms with Gasteiger partial charge in [0.05, 0.1) is 28.4 Å². The van der Waals surface area contributed by atoms with E-state index in [-0.39, 0.29) is 22.0 Å². The van der Waals surface area contributed by atoms with Gasteiger partial charge in [0.25, 0.3) is 0 Å². The number of fused-ring (bicyclic) bond motifs is 3. The van der Waals surface area contributed by atoms with Crippen molar-refractivity contribution in [3.63, 3.8) is 0 Å². The molecule has 2 aromatic heterocycles. The zero-order chi connectivity index (χ0) is 25.8. The van der Waals surface area contributed by atoms with Crippen LogP contribution in [-0.4, -0.2) is 46.8 Å². The van der Waals surface area contributed by atoms with Gasteiger partial charge in [-0.05, 0) is 30.3 Å². The molecule has 5 rings (SSSR count). The number of alkyl halides is 3. The fourth-order valence-electron chi connectivity index (χ4n) is 4.65. The number of aromatic carboxylic acids is 1. The fourth-order valence-corrected chi connectivity index (χ4v) is 4.65. The number of halogens is 4. The average Bonchev–Trinajstić information content (AvgIpc) is 2.85. The molecule has 0 unspecified atom stereocenters. The summed E-state index contributed by atoms with van der Waals surface area (Å²) in [6, 6.07) is 8.17. The first-order valence-corrected chi connectivity index (χ1v) is 11.1. The van der Waals surface area contributed by atoms with Gasteiger partial charge in [0.2, 0.25) is 5.43 Å². The number of hydrogen-bond donors (Lipinski definition) is 1. The van der Waals surface area contributed by atoms with Crippen LogP contribution in [0.2, 0.25) is 0 Å². The third kappa shape index (κ3) is 3.90. The number of carboxylic acids is 1. The van der Waals surface area contributed by atoms with Crippen molar-refractivity contribution < 1.29 is 27.5 Å². The second-order valence-electron chi connectivity index (χ2n) is 8.62. The van der Waals surface area contributed by atoms with Crippen molar-refractivity contribution in [2.24, 2.45) is 7.05 Å². The standard InChI is InChI=1S/C25H20F4N4O3/c1-31-13-17(24(35)36)23(34)20-16-5-6-18(21(26)22(16)30-12-19(20)31)33-9-7-32(8-10-33)15-4-2-3-14(11-15)25(27,28)29/h2-6,11-13H,7-10H2,1H3,(H,35,36). The molecule has 4 aromatic rings. The van der Waals surface area contributed by atoms with Crippen LogP contribution in [0.1, 0.15) is 15.9 Å². The summed E-state index contributed by atoms with van der Waals surface area (Å²) in [6.45, 7) is 1.48. The smallest absolute Gasteiger partial charge is 0.416 e. The van der Waals surface area contributed by atoms with Crippen LogP contribution in [-0.2, 0) is 13.2 Å². The van der Waals surface area contributed by atoms with E-state index in [1.807, 2.05) is 4.90 Å². The van der Waals surface area contributed by atoms with E-state index < -0.39 is 34.5 Å². The molecule has 3 heterocycles. The number of nitrogens with zero attached hydrogens (tertiary/aromatic N) is 4. The lowest BCUT2D eigenvalue weighted by atomic mass is 10.1. The Balaban J connectivity index is 1.47. The van der Waals surface area contributed by atoms with E-state index in [0.29, 0.717) is 37.4 Å². The van der Waals surface area contributed by atoms with E-state index in [9.17, 15) is 27.9 Å².